The Bertz CT molecular complexity index is 405. The van der Waals surface area contributed by atoms with Crippen molar-refractivity contribution in [3.8, 4) is 5.75 Å². The van der Waals surface area contributed by atoms with Crippen LogP contribution < -0.4 is 15.4 Å². The summed E-state index contributed by atoms with van der Waals surface area (Å²) in [5, 5.41) is 0. The maximum Gasteiger partial charge on any atom is 0.124 e. The second kappa shape index (κ2) is 3.67. The zero-order chi connectivity index (χ0) is 11.1. The Labute approximate surface area is 96.2 Å². The van der Waals surface area contributed by atoms with Crippen LogP contribution in [0.25, 0.3) is 0 Å². The van der Waals surface area contributed by atoms with Crippen molar-refractivity contribution in [1.82, 2.24) is 0 Å². The molecule has 16 heavy (non-hydrogen) atoms. The number of anilines is 1. The molecule has 1 fully saturated rings. The molecule has 2 N–H and O–H groups in total. The van der Waals surface area contributed by atoms with Crippen LogP contribution in [0.2, 0.25) is 0 Å². The molecule has 3 rings (SSSR count). The van der Waals surface area contributed by atoms with E-state index in [4.69, 9.17) is 10.5 Å². The summed E-state index contributed by atoms with van der Waals surface area (Å²) in [7, 11) is 1.75. The van der Waals surface area contributed by atoms with Crippen LogP contribution in [-0.2, 0) is 6.42 Å². The fraction of sp³-hybridized carbons (Fsp3) is 0.538. The van der Waals surface area contributed by atoms with Crippen molar-refractivity contribution in [2.45, 2.75) is 31.3 Å². The summed E-state index contributed by atoms with van der Waals surface area (Å²) in [4.78, 5) is 2.46. The molecular weight excluding hydrogens is 200 g/mol. The first-order chi connectivity index (χ1) is 7.79. The number of nitrogens with zero attached hydrogens (tertiary/aromatic N) is 1. The largest absolute Gasteiger partial charge is 0.496 e. The van der Waals surface area contributed by atoms with E-state index in [-0.39, 0.29) is 0 Å². The summed E-state index contributed by atoms with van der Waals surface area (Å²) >= 11 is 0. The summed E-state index contributed by atoms with van der Waals surface area (Å²) in [6, 6.07) is 7.28. The lowest BCUT2D eigenvalue weighted by Gasteiger charge is -2.35. The van der Waals surface area contributed by atoms with Gasteiger partial charge in [-0.15, -0.1) is 0 Å². The van der Waals surface area contributed by atoms with Gasteiger partial charge in [0.2, 0.25) is 0 Å². The van der Waals surface area contributed by atoms with Gasteiger partial charge in [0.1, 0.15) is 5.75 Å². The van der Waals surface area contributed by atoms with Crippen LogP contribution in [0.15, 0.2) is 18.2 Å². The summed E-state index contributed by atoms with van der Waals surface area (Å²) in [5.41, 5.74) is 8.74. The SMILES string of the molecule is COc1cccc2c1CC1CCC(N)CN21. The van der Waals surface area contributed by atoms with Crippen LogP contribution in [0.5, 0.6) is 5.75 Å². The topological polar surface area (TPSA) is 38.5 Å². The molecule has 0 aliphatic carbocycles. The van der Waals surface area contributed by atoms with Crippen molar-refractivity contribution < 1.29 is 4.74 Å². The van der Waals surface area contributed by atoms with Gasteiger partial charge in [-0.05, 0) is 31.4 Å². The van der Waals surface area contributed by atoms with Gasteiger partial charge in [-0.3, -0.25) is 0 Å². The highest BCUT2D eigenvalue weighted by molar-refractivity contribution is 5.64. The monoisotopic (exact) mass is 218 g/mol. The minimum Gasteiger partial charge on any atom is -0.496 e. The lowest BCUT2D eigenvalue weighted by atomic mass is 9.98. The normalized spacial score (nSPS) is 27.5. The minimum atomic E-state index is 0.327. The van der Waals surface area contributed by atoms with Gasteiger partial charge in [0, 0.05) is 29.9 Å². The number of fused-ring (bicyclic) bond motifs is 3. The molecule has 0 amide bonds. The minimum absolute atomic E-state index is 0.327. The Morgan fingerprint density at radius 1 is 1.38 bits per heavy atom. The predicted octanol–water partition coefficient (Wildman–Crippen LogP) is 1.55. The molecule has 2 unspecified atom stereocenters. The van der Waals surface area contributed by atoms with Crippen molar-refractivity contribution in [3.63, 3.8) is 0 Å². The standard InChI is InChI=1S/C13H18N2O/c1-16-13-4-2-3-12-11(13)7-10-6-5-9(14)8-15(10)12/h2-4,9-10H,5-8,14H2,1H3. The zero-order valence-electron chi connectivity index (χ0n) is 9.65. The van der Waals surface area contributed by atoms with E-state index < -0.39 is 0 Å². The van der Waals surface area contributed by atoms with E-state index >= 15 is 0 Å². The molecule has 2 aliphatic rings. The second-order valence-electron chi connectivity index (χ2n) is 4.81. The molecule has 2 heterocycles. The average molecular weight is 218 g/mol. The predicted molar refractivity (Wildman–Crippen MR) is 65.0 cm³/mol. The molecule has 1 aromatic rings. The van der Waals surface area contributed by atoms with Crippen LogP contribution in [0.3, 0.4) is 0 Å². The lowest BCUT2D eigenvalue weighted by Crippen LogP contribution is -2.47. The first-order valence-corrected chi connectivity index (χ1v) is 5.97. The fourth-order valence-electron chi connectivity index (χ4n) is 3.02. The van der Waals surface area contributed by atoms with E-state index in [0.29, 0.717) is 12.1 Å². The van der Waals surface area contributed by atoms with Crippen LogP contribution in [0.4, 0.5) is 5.69 Å². The van der Waals surface area contributed by atoms with Crippen LogP contribution in [0.1, 0.15) is 18.4 Å². The zero-order valence-corrected chi connectivity index (χ0v) is 9.65. The van der Waals surface area contributed by atoms with Crippen molar-refractivity contribution >= 4 is 5.69 Å². The summed E-state index contributed by atoms with van der Waals surface area (Å²) in [5.74, 6) is 1.03. The Balaban J connectivity index is 1.99. The average Bonchev–Trinajstić information content (AvgIpc) is 2.67. The molecule has 0 saturated carbocycles. The molecule has 3 heteroatoms. The number of nitrogens with two attached hydrogens (primary N) is 1. The van der Waals surface area contributed by atoms with Gasteiger partial charge in [0.05, 0.1) is 7.11 Å². The van der Waals surface area contributed by atoms with E-state index in [1.807, 2.05) is 0 Å². The molecule has 0 spiro atoms. The van der Waals surface area contributed by atoms with Crippen molar-refractivity contribution in [2.24, 2.45) is 5.73 Å². The van der Waals surface area contributed by atoms with Crippen molar-refractivity contribution in [1.29, 1.82) is 0 Å². The molecular formula is C13H18N2O. The number of ether oxygens (including phenoxy) is 1. The second-order valence-corrected chi connectivity index (χ2v) is 4.81. The Morgan fingerprint density at radius 3 is 3.06 bits per heavy atom. The maximum absolute atomic E-state index is 6.05. The highest BCUT2D eigenvalue weighted by Crippen LogP contribution is 2.40. The Morgan fingerprint density at radius 2 is 2.25 bits per heavy atom. The number of benzene rings is 1. The number of hydrogen-bond donors (Lipinski definition) is 1. The Hall–Kier alpha value is -1.22. The number of piperidine rings is 1. The molecule has 0 bridgehead atoms. The molecule has 1 saturated heterocycles. The summed E-state index contributed by atoms with van der Waals surface area (Å²) < 4.78 is 5.43. The molecule has 0 aromatic heterocycles. The molecule has 2 aliphatic heterocycles. The maximum atomic E-state index is 6.05. The van der Waals surface area contributed by atoms with Gasteiger partial charge in [-0.25, -0.2) is 0 Å². The molecule has 3 nitrogen and oxygen atoms in total. The highest BCUT2D eigenvalue weighted by atomic mass is 16.5. The number of methoxy groups -OCH3 is 1. The number of hydrogen-bond acceptors (Lipinski definition) is 3. The smallest absolute Gasteiger partial charge is 0.124 e. The van der Waals surface area contributed by atoms with Crippen molar-refractivity contribution in [2.75, 3.05) is 18.6 Å². The summed E-state index contributed by atoms with van der Waals surface area (Å²) in [6.07, 6.45) is 3.47. The first-order valence-electron chi connectivity index (χ1n) is 5.97. The fourth-order valence-corrected chi connectivity index (χ4v) is 3.02. The Kier molecular flexibility index (Phi) is 2.28. The molecule has 2 atom stereocenters. The summed E-state index contributed by atoms with van der Waals surface area (Å²) in [6.45, 7) is 0.991. The van der Waals surface area contributed by atoms with Gasteiger partial charge >= 0.3 is 0 Å². The van der Waals surface area contributed by atoms with Gasteiger partial charge in [0.15, 0.2) is 0 Å². The van der Waals surface area contributed by atoms with Crippen LogP contribution >= 0.6 is 0 Å². The van der Waals surface area contributed by atoms with Crippen LogP contribution in [0, 0.1) is 0 Å². The van der Waals surface area contributed by atoms with Crippen LogP contribution in [-0.4, -0.2) is 25.7 Å². The first kappa shape index (κ1) is 9.97. The van der Waals surface area contributed by atoms with E-state index in [9.17, 15) is 0 Å². The third-order valence-electron chi connectivity index (χ3n) is 3.82. The van der Waals surface area contributed by atoms with E-state index in [1.54, 1.807) is 7.11 Å². The van der Waals surface area contributed by atoms with Crippen molar-refractivity contribution in [3.05, 3.63) is 23.8 Å². The van der Waals surface area contributed by atoms with E-state index in [2.05, 4.69) is 23.1 Å². The molecule has 1 aromatic carbocycles. The van der Waals surface area contributed by atoms with Gasteiger partial charge in [0.25, 0.3) is 0 Å². The van der Waals surface area contributed by atoms with Gasteiger partial charge < -0.3 is 15.4 Å². The number of rotatable bonds is 1. The third kappa shape index (κ3) is 1.39. The lowest BCUT2D eigenvalue weighted by molar-refractivity contribution is 0.406. The molecule has 0 radical (unpaired) electrons. The molecule has 86 valence electrons. The quantitative estimate of drug-likeness (QED) is 0.777. The third-order valence-corrected chi connectivity index (χ3v) is 3.82. The van der Waals surface area contributed by atoms with E-state index in [0.717, 1.165) is 25.1 Å². The highest BCUT2D eigenvalue weighted by Gasteiger charge is 2.35. The van der Waals surface area contributed by atoms with Gasteiger partial charge in [-0.1, -0.05) is 6.07 Å². The van der Waals surface area contributed by atoms with Gasteiger partial charge in [-0.2, -0.15) is 0 Å². The van der Waals surface area contributed by atoms with E-state index in [1.165, 1.54) is 17.7 Å².